The maximum Gasteiger partial charge on any atom is 0.331 e. The van der Waals surface area contributed by atoms with Gasteiger partial charge in [0.25, 0.3) is 11.8 Å². The van der Waals surface area contributed by atoms with Gasteiger partial charge < -0.3 is 9.47 Å². The maximum absolute atomic E-state index is 13.2. The van der Waals surface area contributed by atoms with Crippen LogP contribution in [-0.2, 0) is 9.59 Å². The number of nitrogens with zero attached hydrogens (tertiary/aromatic N) is 3. The molecule has 32 heavy (non-hydrogen) atoms. The van der Waals surface area contributed by atoms with Crippen molar-refractivity contribution in [2.75, 3.05) is 19.0 Å². The molecule has 1 aromatic heterocycles. The quantitative estimate of drug-likeness (QED) is 0.584. The molecule has 2 heterocycles. The number of rotatable bonds is 4. The Labute approximate surface area is 188 Å². The average Bonchev–Trinajstić information content (AvgIpc) is 3.04. The molecule has 0 atom stereocenters. The van der Waals surface area contributed by atoms with E-state index in [1.807, 2.05) is 51.0 Å². The van der Waals surface area contributed by atoms with Gasteiger partial charge in [-0.05, 0) is 68.7 Å². The van der Waals surface area contributed by atoms with E-state index in [2.05, 4.69) is 22.0 Å². The predicted molar refractivity (Wildman–Crippen MR) is 125 cm³/mol. The van der Waals surface area contributed by atoms with Crippen LogP contribution < -0.4 is 10.2 Å². The number of anilines is 1. The second kappa shape index (κ2) is 8.65. The van der Waals surface area contributed by atoms with Gasteiger partial charge in [-0.15, -0.1) is 0 Å². The Kier molecular flexibility index (Phi) is 5.91. The van der Waals surface area contributed by atoms with Crippen LogP contribution in [0, 0.1) is 13.8 Å². The molecule has 4 amide bonds. The summed E-state index contributed by atoms with van der Waals surface area (Å²) in [6.45, 7) is 3.96. The zero-order valence-corrected chi connectivity index (χ0v) is 19.1. The van der Waals surface area contributed by atoms with E-state index in [1.54, 1.807) is 6.08 Å². The van der Waals surface area contributed by atoms with Gasteiger partial charge in [0.05, 0.1) is 0 Å². The molecule has 1 aromatic carbocycles. The van der Waals surface area contributed by atoms with Crippen LogP contribution in [0.2, 0.25) is 0 Å². The molecule has 2 aliphatic rings. The van der Waals surface area contributed by atoms with Crippen LogP contribution in [0.1, 0.15) is 49.1 Å². The molecule has 7 nitrogen and oxygen atoms in total. The first kappa shape index (κ1) is 21.9. The molecule has 2 aromatic rings. The average molecular weight is 435 g/mol. The van der Waals surface area contributed by atoms with E-state index in [1.165, 1.54) is 4.90 Å². The van der Waals surface area contributed by atoms with E-state index < -0.39 is 17.8 Å². The molecular weight excluding hydrogens is 404 g/mol. The molecule has 1 N–H and O–H groups in total. The topological polar surface area (TPSA) is 74.6 Å². The van der Waals surface area contributed by atoms with Gasteiger partial charge in [0.2, 0.25) is 0 Å². The smallest absolute Gasteiger partial charge is 0.331 e. The highest BCUT2D eigenvalue weighted by Crippen LogP contribution is 2.28. The van der Waals surface area contributed by atoms with Crippen molar-refractivity contribution in [3.8, 4) is 5.69 Å². The highest BCUT2D eigenvalue weighted by Gasteiger charge is 2.40. The molecule has 0 radical (unpaired) electrons. The summed E-state index contributed by atoms with van der Waals surface area (Å²) in [5.41, 5.74) is 4.84. The summed E-state index contributed by atoms with van der Waals surface area (Å²) in [6, 6.07) is 9.42. The van der Waals surface area contributed by atoms with Crippen LogP contribution in [0.5, 0.6) is 0 Å². The number of carbonyl (C=O) groups excluding carboxylic acids is 3. The number of aryl methyl sites for hydroxylation is 1. The Balaban J connectivity index is 1.68. The molecular formula is C25H30N4O3. The monoisotopic (exact) mass is 434 g/mol. The van der Waals surface area contributed by atoms with E-state index in [0.717, 1.165) is 60.4 Å². The van der Waals surface area contributed by atoms with E-state index in [4.69, 9.17) is 0 Å². The molecule has 1 aliphatic heterocycles. The molecule has 7 heteroatoms. The van der Waals surface area contributed by atoms with Gasteiger partial charge in [-0.1, -0.05) is 19.3 Å². The van der Waals surface area contributed by atoms with Gasteiger partial charge in [-0.2, -0.15) is 0 Å². The van der Waals surface area contributed by atoms with Crippen LogP contribution in [0.4, 0.5) is 10.5 Å². The van der Waals surface area contributed by atoms with Crippen molar-refractivity contribution in [3.63, 3.8) is 0 Å². The minimum atomic E-state index is -0.632. The Bertz CT molecular complexity index is 1090. The van der Waals surface area contributed by atoms with Crippen molar-refractivity contribution in [1.82, 2.24) is 14.8 Å². The summed E-state index contributed by atoms with van der Waals surface area (Å²) in [7, 11) is 4.00. The third kappa shape index (κ3) is 3.95. The van der Waals surface area contributed by atoms with Crippen LogP contribution >= 0.6 is 0 Å². The summed E-state index contributed by atoms with van der Waals surface area (Å²) < 4.78 is 2.10. The van der Waals surface area contributed by atoms with E-state index in [-0.39, 0.29) is 11.6 Å². The Morgan fingerprint density at radius 3 is 2.28 bits per heavy atom. The Morgan fingerprint density at radius 1 is 1.00 bits per heavy atom. The summed E-state index contributed by atoms with van der Waals surface area (Å²) >= 11 is 0. The Hall–Kier alpha value is -3.35. The summed E-state index contributed by atoms with van der Waals surface area (Å²) in [4.78, 5) is 41.5. The number of imide groups is 2. The number of barbiturate groups is 1. The van der Waals surface area contributed by atoms with Crippen molar-refractivity contribution in [2.24, 2.45) is 0 Å². The molecule has 2 fully saturated rings. The van der Waals surface area contributed by atoms with Crippen LogP contribution in [0.3, 0.4) is 0 Å². The van der Waals surface area contributed by atoms with Crippen molar-refractivity contribution in [3.05, 3.63) is 52.9 Å². The SMILES string of the molecule is Cc1cc(/C=C2/C(=O)NC(=O)N(C3CCCCC3)C2=O)c(C)n1-c1ccc(N(C)C)cc1. The number of benzene rings is 1. The minimum Gasteiger partial charge on any atom is -0.378 e. The molecule has 1 saturated carbocycles. The number of aromatic nitrogens is 1. The van der Waals surface area contributed by atoms with Crippen LogP contribution in [0.15, 0.2) is 35.9 Å². The second-order valence-electron chi connectivity index (χ2n) is 8.86. The van der Waals surface area contributed by atoms with Crippen molar-refractivity contribution >= 4 is 29.6 Å². The molecule has 0 spiro atoms. The lowest BCUT2D eigenvalue weighted by molar-refractivity contribution is -0.132. The van der Waals surface area contributed by atoms with Crippen molar-refractivity contribution in [1.29, 1.82) is 0 Å². The third-order valence-corrected chi connectivity index (χ3v) is 6.47. The fraction of sp³-hybridized carbons (Fsp3) is 0.400. The highest BCUT2D eigenvalue weighted by atomic mass is 16.2. The number of carbonyl (C=O) groups is 3. The maximum atomic E-state index is 13.2. The molecule has 1 saturated heterocycles. The predicted octanol–water partition coefficient (Wildman–Crippen LogP) is 3.95. The molecule has 0 unspecified atom stereocenters. The zero-order valence-electron chi connectivity index (χ0n) is 19.1. The van der Waals surface area contributed by atoms with E-state index in [9.17, 15) is 14.4 Å². The number of hydrogen-bond donors (Lipinski definition) is 1. The van der Waals surface area contributed by atoms with E-state index >= 15 is 0 Å². The van der Waals surface area contributed by atoms with Crippen LogP contribution in [-0.4, -0.2) is 47.4 Å². The number of urea groups is 1. The lowest BCUT2D eigenvalue weighted by atomic mass is 9.93. The first-order valence-corrected chi connectivity index (χ1v) is 11.1. The number of nitrogens with one attached hydrogen (secondary N) is 1. The van der Waals surface area contributed by atoms with Gasteiger partial charge in [0.1, 0.15) is 5.57 Å². The van der Waals surface area contributed by atoms with Crippen LogP contribution in [0.25, 0.3) is 11.8 Å². The summed E-state index contributed by atoms with van der Waals surface area (Å²) in [5, 5.41) is 2.36. The third-order valence-electron chi connectivity index (χ3n) is 6.47. The van der Waals surface area contributed by atoms with Gasteiger partial charge in [-0.3, -0.25) is 19.8 Å². The van der Waals surface area contributed by atoms with Crippen molar-refractivity contribution in [2.45, 2.75) is 52.0 Å². The van der Waals surface area contributed by atoms with Crippen molar-refractivity contribution < 1.29 is 14.4 Å². The number of amides is 4. The number of hydrogen-bond acceptors (Lipinski definition) is 4. The second-order valence-corrected chi connectivity index (χ2v) is 8.86. The lowest BCUT2D eigenvalue weighted by Crippen LogP contribution is -2.58. The van der Waals surface area contributed by atoms with Gasteiger partial charge in [0, 0.05) is 42.9 Å². The first-order valence-electron chi connectivity index (χ1n) is 11.1. The Morgan fingerprint density at radius 2 is 1.66 bits per heavy atom. The molecule has 1 aliphatic carbocycles. The first-order chi connectivity index (χ1) is 15.3. The normalized spacial score (nSPS) is 18.9. The summed E-state index contributed by atoms with van der Waals surface area (Å²) in [6.07, 6.45) is 6.29. The zero-order chi connectivity index (χ0) is 23.0. The largest absolute Gasteiger partial charge is 0.378 e. The lowest BCUT2D eigenvalue weighted by Gasteiger charge is -2.35. The minimum absolute atomic E-state index is 0.0124. The van der Waals surface area contributed by atoms with Gasteiger partial charge in [0.15, 0.2) is 0 Å². The van der Waals surface area contributed by atoms with E-state index in [0.29, 0.717) is 0 Å². The highest BCUT2D eigenvalue weighted by molar-refractivity contribution is 6.31. The summed E-state index contributed by atoms with van der Waals surface area (Å²) in [5.74, 6) is -1.13. The molecule has 4 rings (SSSR count). The van der Waals surface area contributed by atoms with Gasteiger partial charge >= 0.3 is 6.03 Å². The molecule has 168 valence electrons. The fourth-order valence-electron chi connectivity index (χ4n) is 4.73. The molecule has 0 bridgehead atoms. The fourth-order valence-corrected chi connectivity index (χ4v) is 4.73. The van der Waals surface area contributed by atoms with Gasteiger partial charge in [-0.25, -0.2) is 4.79 Å². The standard InChI is InChI=1S/C25H30N4O3/c1-16-14-18(17(2)28(16)21-12-10-19(11-13-21)27(3)4)15-22-23(30)26-25(32)29(24(22)31)20-8-6-5-7-9-20/h10-15,20H,5-9H2,1-4H3,(H,26,30,32)/b22-15-.